The molecule has 0 radical (unpaired) electrons. The first-order valence-electron chi connectivity index (χ1n) is 9.02. The van der Waals surface area contributed by atoms with Crippen molar-refractivity contribution in [3.8, 4) is 11.5 Å². The highest BCUT2D eigenvalue weighted by molar-refractivity contribution is 5.70. The molecule has 1 aromatic heterocycles. The Balaban J connectivity index is 2.38. The van der Waals surface area contributed by atoms with Crippen LogP contribution in [0, 0.1) is 12.8 Å². The van der Waals surface area contributed by atoms with Crippen LogP contribution in [0.5, 0.6) is 11.5 Å². The summed E-state index contributed by atoms with van der Waals surface area (Å²) in [5, 5.41) is 19.8. The number of methoxy groups -OCH3 is 1. The van der Waals surface area contributed by atoms with Crippen LogP contribution in [0.15, 0.2) is 35.1 Å². The number of carbonyl (C=O) groups is 1. The van der Waals surface area contributed by atoms with Crippen molar-refractivity contribution >= 4 is 5.97 Å². The van der Waals surface area contributed by atoms with Gasteiger partial charge >= 0.3 is 5.97 Å². The summed E-state index contributed by atoms with van der Waals surface area (Å²) in [6.07, 6.45) is 0.645. The molecule has 0 spiro atoms. The van der Waals surface area contributed by atoms with E-state index in [2.05, 4.69) is 0 Å². The zero-order chi connectivity index (χ0) is 20.1. The van der Waals surface area contributed by atoms with Crippen molar-refractivity contribution in [1.29, 1.82) is 0 Å². The first-order valence-corrected chi connectivity index (χ1v) is 9.02. The highest BCUT2D eigenvalue weighted by Crippen LogP contribution is 2.32. The van der Waals surface area contributed by atoms with E-state index in [9.17, 15) is 19.8 Å². The van der Waals surface area contributed by atoms with Gasteiger partial charge in [-0.3, -0.25) is 9.59 Å². The molecule has 6 heteroatoms. The van der Waals surface area contributed by atoms with E-state index < -0.39 is 11.9 Å². The predicted molar refractivity (Wildman–Crippen MR) is 103 cm³/mol. The fourth-order valence-electron chi connectivity index (χ4n) is 3.23. The summed E-state index contributed by atoms with van der Waals surface area (Å²) in [5.74, 6) is -0.743. The molecule has 0 saturated carbocycles. The quantitative estimate of drug-likeness (QED) is 0.728. The topological polar surface area (TPSA) is 88.8 Å². The van der Waals surface area contributed by atoms with Gasteiger partial charge in [-0.05, 0) is 43.0 Å². The first kappa shape index (κ1) is 20.6. The van der Waals surface area contributed by atoms with Gasteiger partial charge in [-0.25, -0.2) is 0 Å². The fraction of sp³-hybridized carbons (Fsp3) is 0.429. The number of esters is 1. The second kappa shape index (κ2) is 8.75. The lowest BCUT2D eigenvalue weighted by molar-refractivity contribution is -0.141. The summed E-state index contributed by atoms with van der Waals surface area (Å²) >= 11 is 0. The Kier molecular flexibility index (Phi) is 6.66. The summed E-state index contributed by atoms with van der Waals surface area (Å²) in [6, 6.07) is 8.41. The van der Waals surface area contributed by atoms with Crippen molar-refractivity contribution in [1.82, 2.24) is 4.57 Å². The maximum atomic E-state index is 13.1. The second-order valence-electron chi connectivity index (χ2n) is 7.09. The van der Waals surface area contributed by atoms with Gasteiger partial charge in [0.2, 0.25) is 0 Å². The Bertz CT molecular complexity index is 852. The van der Waals surface area contributed by atoms with E-state index in [1.807, 2.05) is 26.0 Å². The Labute approximate surface area is 159 Å². The molecule has 6 nitrogen and oxygen atoms in total. The number of carbonyl (C=O) groups excluding carboxylic acids is 1. The molecule has 2 rings (SSSR count). The molecule has 0 aliphatic carbocycles. The molecule has 0 bridgehead atoms. The molecule has 2 aromatic rings. The Morgan fingerprint density at radius 2 is 1.81 bits per heavy atom. The first-order chi connectivity index (χ1) is 12.7. The minimum absolute atomic E-state index is 0.0176. The van der Waals surface area contributed by atoms with Crippen LogP contribution >= 0.6 is 0 Å². The molecule has 2 N–H and O–H groups in total. The van der Waals surface area contributed by atoms with Crippen molar-refractivity contribution in [3.63, 3.8) is 0 Å². The predicted octanol–water partition coefficient (Wildman–Crippen LogP) is 3.11. The third kappa shape index (κ3) is 4.90. The average molecular weight is 373 g/mol. The smallest absolute Gasteiger partial charge is 0.306 e. The van der Waals surface area contributed by atoms with Crippen molar-refractivity contribution in [2.75, 3.05) is 7.11 Å². The van der Waals surface area contributed by atoms with E-state index in [4.69, 9.17) is 4.74 Å². The van der Waals surface area contributed by atoms with E-state index in [1.165, 1.54) is 7.11 Å². The number of aryl methyl sites for hydroxylation is 2. The number of hydrogen-bond donors (Lipinski definition) is 2. The van der Waals surface area contributed by atoms with Crippen LogP contribution in [-0.2, 0) is 22.5 Å². The number of ether oxygens (including phenoxy) is 1. The maximum absolute atomic E-state index is 13.1. The van der Waals surface area contributed by atoms with Gasteiger partial charge in [-0.1, -0.05) is 26.0 Å². The van der Waals surface area contributed by atoms with Crippen molar-refractivity contribution in [2.24, 2.45) is 5.92 Å². The number of nitrogens with zero attached hydrogens (tertiary/aromatic N) is 1. The number of hydrogen-bond acceptors (Lipinski definition) is 5. The summed E-state index contributed by atoms with van der Waals surface area (Å²) in [5.41, 5.74) is 1.62. The number of aromatic hydroxyl groups is 2. The standard InChI is InChI=1S/C21H27NO5/c1-13(2)17(12-19(25)27-4)20-18(24)11-14(3)22(21(20)26)10-9-15-5-7-16(23)8-6-15/h5-8,11,13,17,23-24H,9-10,12H2,1-4H3/t17-/m0/s1. The monoisotopic (exact) mass is 373 g/mol. The summed E-state index contributed by atoms with van der Waals surface area (Å²) in [4.78, 5) is 24.9. The zero-order valence-corrected chi connectivity index (χ0v) is 16.2. The molecule has 0 aliphatic heterocycles. The Hall–Kier alpha value is -2.76. The summed E-state index contributed by atoms with van der Waals surface area (Å²) in [7, 11) is 1.31. The highest BCUT2D eigenvalue weighted by atomic mass is 16.5. The molecule has 1 aromatic carbocycles. The van der Waals surface area contributed by atoms with E-state index >= 15 is 0 Å². The molecule has 1 heterocycles. The SMILES string of the molecule is COC(=O)C[C@H](c1c(O)cc(C)n(CCc2ccc(O)cc2)c1=O)C(C)C. The lowest BCUT2D eigenvalue weighted by Crippen LogP contribution is -2.30. The lowest BCUT2D eigenvalue weighted by atomic mass is 9.85. The maximum Gasteiger partial charge on any atom is 0.306 e. The molecule has 146 valence electrons. The Morgan fingerprint density at radius 3 is 2.37 bits per heavy atom. The van der Waals surface area contributed by atoms with Crippen LogP contribution in [0.25, 0.3) is 0 Å². The number of phenolic OH excluding ortho intramolecular Hbond substituents is 1. The number of pyridine rings is 1. The van der Waals surface area contributed by atoms with Crippen LogP contribution in [-0.4, -0.2) is 27.9 Å². The number of aromatic nitrogens is 1. The third-order valence-electron chi connectivity index (χ3n) is 4.87. The van der Waals surface area contributed by atoms with E-state index in [0.717, 1.165) is 5.56 Å². The summed E-state index contributed by atoms with van der Waals surface area (Å²) < 4.78 is 6.37. The molecule has 0 aliphatic rings. The van der Waals surface area contributed by atoms with Gasteiger partial charge in [0.15, 0.2) is 0 Å². The molecule has 0 fully saturated rings. The molecular formula is C21H27NO5. The molecule has 0 unspecified atom stereocenters. The van der Waals surface area contributed by atoms with E-state index in [1.54, 1.807) is 29.7 Å². The summed E-state index contributed by atoms with van der Waals surface area (Å²) in [6.45, 7) is 6.03. The van der Waals surface area contributed by atoms with Gasteiger partial charge in [0.05, 0.1) is 19.1 Å². The van der Waals surface area contributed by atoms with Crippen molar-refractivity contribution < 1.29 is 19.7 Å². The minimum atomic E-state index is -0.425. The molecule has 27 heavy (non-hydrogen) atoms. The molecule has 0 amide bonds. The largest absolute Gasteiger partial charge is 0.508 e. The van der Waals surface area contributed by atoms with Gasteiger partial charge in [0, 0.05) is 18.2 Å². The van der Waals surface area contributed by atoms with Gasteiger partial charge in [0.25, 0.3) is 5.56 Å². The molecule has 1 atom stereocenters. The zero-order valence-electron chi connectivity index (χ0n) is 16.2. The highest BCUT2D eigenvalue weighted by Gasteiger charge is 2.27. The van der Waals surface area contributed by atoms with Crippen LogP contribution < -0.4 is 5.56 Å². The number of rotatable bonds is 7. The van der Waals surface area contributed by atoms with Crippen LogP contribution in [0.2, 0.25) is 0 Å². The van der Waals surface area contributed by atoms with Crippen molar-refractivity contribution in [3.05, 3.63) is 57.5 Å². The Morgan fingerprint density at radius 1 is 1.19 bits per heavy atom. The van der Waals surface area contributed by atoms with Gasteiger partial charge < -0.3 is 19.5 Å². The van der Waals surface area contributed by atoms with Gasteiger partial charge in [0.1, 0.15) is 11.5 Å². The third-order valence-corrected chi connectivity index (χ3v) is 4.87. The average Bonchev–Trinajstić information content (AvgIpc) is 2.61. The van der Waals surface area contributed by atoms with E-state index in [-0.39, 0.29) is 35.0 Å². The number of phenols is 1. The molecular weight excluding hydrogens is 346 g/mol. The van der Waals surface area contributed by atoms with Crippen LogP contribution in [0.4, 0.5) is 0 Å². The van der Waals surface area contributed by atoms with Crippen molar-refractivity contribution in [2.45, 2.75) is 46.1 Å². The van der Waals surface area contributed by atoms with Crippen LogP contribution in [0.1, 0.15) is 43.0 Å². The fourth-order valence-corrected chi connectivity index (χ4v) is 3.23. The van der Waals surface area contributed by atoms with Gasteiger partial charge in [-0.2, -0.15) is 0 Å². The molecule has 0 saturated heterocycles. The second-order valence-corrected chi connectivity index (χ2v) is 7.09. The van der Waals surface area contributed by atoms with E-state index in [0.29, 0.717) is 18.7 Å². The minimum Gasteiger partial charge on any atom is -0.508 e. The normalized spacial score (nSPS) is 12.2. The van der Waals surface area contributed by atoms with Crippen LogP contribution in [0.3, 0.4) is 0 Å². The van der Waals surface area contributed by atoms with Gasteiger partial charge in [-0.15, -0.1) is 0 Å². The lowest BCUT2D eigenvalue weighted by Gasteiger charge is -2.22. The number of benzene rings is 1.